The third-order valence-electron chi connectivity index (χ3n) is 4.32. The van der Waals surface area contributed by atoms with Crippen molar-refractivity contribution < 1.29 is 14.4 Å². The number of likely N-dealkylation sites (tertiary alicyclic amines) is 1. The number of amides is 4. The Bertz CT molecular complexity index is 428. The van der Waals surface area contributed by atoms with Crippen molar-refractivity contribution >= 4 is 17.8 Å². The molecule has 4 amide bonds. The van der Waals surface area contributed by atoms with Gasteiger partial charge in [0.1, 0.15) is 0 Å². The van der Waals surface area contributed by atoms with Gasteiger partial charge in [0.2, 0.25) is 11.8 Å². The fourth-order valence-electron chi connectivity index (χ4n) is 2.88. The van der Waals surface area contributed by atoms with Crippen molar-refractivity contribution in [2.75, 3.05) is 20.1 Å². The molecule has 7 heteroatoms. The molecule has 1 aliphatic heterocycles. The molecule has 7 nitrogen and oxygen atoms in total. The Hall–Kier alpha value is -1.63. The number of carbonyl (C=O) groups excluding carboxylic acids is 3. The quantitative estimate of drug-likeness (QED) is 0.675. The van der Waals surface area contributed by atoms with Gasteiger partial charge in [-0.05, 0) is 39.7 Å². The molecule has 3 N–H and O–H groups in total. The van der Waals surface area contributed by atoms with Crippen molar-refractivity contribution in [1.82, 2.24) is 20.9 Å². The molecule has 0 radical (unpaired) electrons. The highest BCUT2D eigenvalue weighted by Crippen LogP contribution is 2.19. The zero-order valence-electron chi connectivity index (χ0n) is 14.6. The maximum absolute atomic E-state index is 12.3. The number of carbonyl (C=O) groups is 3. The first-order valence-electron chi connectivity index (χ1n) is 8.46. The molecule has 0 aliphatic carbocycles. The largest absolute Gasteiger partial charge is 0.353 e. The number of imide groups is 1. The summed E-state index contributed by atoms with van der Waals surface area (Å²) in [7, 11) is 1.46. The maximum Gasteiger partial charge on any atom is 0.321 e. The molecule has 0 aromatic heterocycles. The van der Waals surface area contributed by atoms with Gasteiger partial charge in [0, 0.05) is 19.6 Å². The molecule has 0 bridgehead atoms. The van der Waals surface area contributed by atoms with Crippen LogP contribution in [0, 0.1) is 5.92 Å². The lowest BCUT2D eigenvalue weighted by atomic mass is 9.95. The van der Waals surface area contributed by atoms with E-state index in [1.54, 1.807) is 6.92 Å². The van der Waals surface area contributed by atoms with Crippen molar-refractivity contribution in [3.63, 3.8) is 0 Å². The van der Waals surface area contributed by atoms with Gasteiger partial charge in [-0.15, -0.1) is 0 Å². The summed E-state index contributed by atoms with van der Waals surface area (Å²) >= 11 is 0. The van der Waals surface area contributed by atoms with E-state index in [-0.39, 0.29) is 23.8 Å². The second kappa shape index (κ2) is 9.50. The van der Waals surface area contributed by atoms with Crippen molar-refractivity contribution in [3.8, 4) is 0 Å². The van der Waals surface area contributed by atoms with Crippen LogP contribution in [0.1, 0.15) is 46.5 Å². The van der Waals surface area contributed by atoms with Gasteiger partial charge in [-0.3, -0.25) is 19.8 Å². The van der Waals surface area contributed by atoms with E-state index in [0.29, 0.717) is 6.54 Å². The average molecular weight is 326 g/mol. The van der Waals surface area contributed by atoms with Crippen LogP contribution in [0.15, 0.2) is 0 Å². The topological polar surface area (TPSA) is 90.5 Å². The van der Waals surface area contributed by atoms with E-state index in [2.05, 4.69) is 22.9 Å². The first-order valence-corrected chi connectivity index (χ1v) is 8.46. The second-order valence-corrected chi connectivity index (χ2v) is 6.28. The van der Waals surface area contributed by atoms with E-state index in [9.17, 15) is 14.4 Å². The summed E-state index contributed by atoms with van der Waals surface area (Å²) < 4.78 is 0. The molecule has 1 fully saturated rings. The smallest absolute Gasteiger partial charge is 0.321 e. The number of piperidine rings is 1. The zero-order chi connectivity index (χ0) is 17.4. The highest BCUT2D eigenvalue weighted by atomic mass is 16.2. The van der Waals surface area contributed by atoms with Gasteiger partial charge in [-0.2, -0.15) is 0 Å². The molecule has 23 heavy (non-hydrogen) atoms. The minimum atomic E-state index is -0.512. The molecule has 1 saturated heterocycles. The number of urea groups is 1. The molecule has 0 aromatic carbocycles. The minimum absolute atomic E-state index is 0.0644. The number of hydrogen-bond acceptors (Lipinski definition) is 4. The van der Waals surface area contributed by atoms with Crippen molar-refractivity contribution in [1.29, 1.82) is 0 Å². The van der Waals surface area contributed by atoms with Crippen molar-refractivity contribution in [3.05, 3.63) is 0 Å². The van der Waals surface area contributed by atoms with E-state index in [0.717, 1.165) is 32.2 Å². The summed E-state index contributed by atoms with van der Waals surface area (Å²) in [5.41, 5.74) is 0. The van der Waals surface area contributed by atoms with Crippen LogP contribution >= 0.6 is 0 Å². The van der Waals surface area contributed by atoms with Crippen LogP contribution in [0.4, 0.5) is 4.79 Å². The third-order valence-corrected chi connectivity index (χ3v) is 4.32. The molecule has 0 saturated carbocycles. The molecule has 0 aromatic rings. The van der Waals surface area contributed by atoms with Crippen LogP contribution in [0.25, 0.3) is 0 Å². The van der Waals surface area contributed by atoms with Gasteiger partial charge in [0.05, 0.1) is 12.0 Å². The molecular formula is C16H30N4O3. The highest BCUT2D eigenvalue weighted by Gasteiger charge is 2.31. The lowest BCUT2D eigenvalue weighted by Gasteiger charge is -2.35. The van der Waals surface area contributed by atoms with Gasteiger partial charge in [-0.1, -0.05) is 13.3 Å². The molecule has 1 heterocycles. The Morgan fingerprint density at radius 2 is 1.96 bits per heavy atom. The van der Waals surface area contributed by atoms with Gasteiger partial charge < -0.3 is 10.6 Å². The Labute approximate surface area is 138 Å². The number of rotatable bonds is 6. The molecule has 0 spiro atoms. The Morgan fingerprint density at radius 3 is 2.57 bits per heavy atom. The highest BCUT2D eigenvalue weighted by molar-refractivity contribution is 5.96. The van der Waals surface area contributed by atoms with E-state index < -0.39 is 12.1 Å². The normalized spacial score (nSPS) is 21.1. The maximum atomic E-state index is 12.3. The minimum Gasteiger partial charge on any atom is -0.353 e. The molecule has 1 aliphatic rings. The van der Waals surface area contributed by atoms with E-state index in [1.807, 2.05) is 11.8 Å². The van der Waals surface area contributed by atoms with Crippen LogP contribution in [0.5, 0.6) is 0 Å². The van der Waals surface area contributed by atoms with Gasteiger partial charge >= 0.3 is 6.03 Å². The Balaban J connectivity index is 2.54. The molecule has 3 unspecified atom stereocenters. The van der Waals surface area contributed by atoms with E-state index in [4.69, 9.17) is 0 Å². The fraction of sp³-hybridized carbons (Fsp3) is 0.812. The molecule has 132 valence electrons. The van der Waals surface area contributed by atoms with Crippen LogP contribution in [0.2, 0.25) is 0 Å². The monoisotopic (exact) mass is 326 g/mol. The van der Waals surface area contributed by atoms with Crippen LogP contribution in [-0.4, -0.2) is 55.0 Å². The lowest BCUT2D eigenvalue weighted by molar-refractivity contribution is -0.131. The summed E-state index contributed by atoms with van der Waals surface area (Å²) in [6, 6.07) is -0.769. The second-order valence-electron chi connectivity index (χ2n) is 6.28. The number of nitrogens with zero attached hydrogens (tertiary/aromatic N) is 1. The van der Waals surface area contributed by atoms with E-state index >= 15 is 0 Å². The first kappa shape index (κ1) is 19.4. The standard InChI is InChI=1S/C16H30N4O3/c1-5-7-11(2)18-15(22)13-8-6-9-20(10-13)12(3)14(21)19-16(23)17-4/h11-13H,5-10H2,1-4H3,(H,18,22)(H2,17,19,21,23). The Morgan fingerprint density at radius 1 is 1.26 bits per heavy atom. The Kier molecular flexibility index (Phi) is 8.02. The zero-order valence-corrected chi connectivity index (χ0v) is 14.6. The third kappa shape index (κ3) is 6.17. The predicted octanol–water partition coefficient (Wildman–Crippen LogP) is 0.847. The first-order chi connectivity index (χ1) is 10.9. The molecular weight excluding hydrogens is 296 g/mol. The predicted molar refractivity (Wildman–Crippen MR) is 88.9 cm³/mol. The number of hydrogen-bond donors (Lipinski definition) is 3. The number of nitrogens with one attached hydrogen (secondary N) is 3. The van der Waals surface area contributed by atoms with Gasteiger partial charge in [-0.25, -0.2) is 4.79 Å². The molecule has 3 atom stereocenters. The summed E-state index contributed by atoms with van der Waals surface area (Å²) in [5, 5.41) is 7.70. The average Bonchev–Trinajstić information content (AvgIpc) is 2.54. The fourth-order valence-corrected chi connectivity index (χ4v) is 2.88. The summed E-state index contributed by atoms with van der Waals surface area (Å²) in [6.07, 6.45) is 3.71. The lowest BCUT2D eigenvalue weighted by Crippen LogP contribution is -2.53. The van der Waals surface area contributed by atoms with Crippen molar-refractivity contribution in [2.24, 2.45) is 5.92 Å². The van der Waals surface area contributed by atoms with E-state index in [1.165, 1.54) is 7.05 Å². The molecule has 1 rings (SSSR count). The summed E-state index contributed by atoms with van der Waals surface area (Å²) in [5.74, 6) is -0.377. The van der Waals surface area contributed by atoms with Crippen LogP contribution in [0.3, 0.4) is 0 Å². The SMILES string of the molecule is CCCC(C)NC(=O)C1CCCN(C(C)C(=O)NC(=O)NC)C1. The summed E-state index contributed by atoms with van der Waals surface area (Å²) in [6.45, 7) is 7.18. The van der Waals surface area contributed by atoms with Crippen LogP contribution < -0.4 is 16.0 Å². The van der Waals surface area contributed by atoms with Gasteiger partial charge in [0.15, 0.2) is 0 Å². The van der Waals surface area contributed by atoms with Crippen molar-refractivity contribution in [2.45, 2.75) is 58.5 Å². The summed E-state index contributed by atoms with van der Waals surface area (Å²) in [4.78, 5) is 37.6. The van der Waals surface area contributed by atoms with Crippen LogP contribution in [-0.2, 0) is 9.59 Å². The van der Waals surface area contributed by atoms with Gasteiger partial charge in [0.25, 0.3) is 0 Å².